The first kappa shape index (κ1) is 12.0. The zero-order valence-electron chi connectivity index (χ0n) is 10.2. The van der Waals surface area contributed by atoms with Crippen molar-refractivity contribution in [2.45, 2.75) is 18.9 Å². The first-order valence-corrected chi connectivity index (χ1v) is 6.53. The van der Waals surface area contributed by atoms with Gasteiger partial charge in [-0.15, -0.1) is 0 Å². The Kier molecular flexibility index (Phi) is 3.10. The summed E-state index contributed by atoms with van der Waals surface area (Å²) < 4.78 is 0. The molecule has 0 spiro atoms. The smallest absolute Gasteiger partial charge is 0.132 e. The molecule has 3 rings (SSSR count). The number of halogens is 1. The maximum absolute atomic E-state index is 8.93. The van der Waals surface area contributed by atoms with Crippen LogP contribution in [0.3, 0.4) is 0 Å². The summed E-state index contributed by atoms with van der Waals surface area (Å²) in [6, 6.07) is 14.1. The summed E-state index contributed by atoms with van der Waals surface area (Å²) in [5.74, 6) is 0.668. The molecule has 1 aromatic heterocycles. The van der Waals surface area contributed by atoms with Crippen LogP contribution >= 0.6 is 11.6 Å². The lowest BCUT2D eigenvalue weighted by molar-refractivity contribution is 0.769. The van der Waals surface area contributed by atoms with E-state index in [2.05, 4.69) is 40.6 Å². The lowest BCUT2D eigenvalue weighted by Crippen LogP contribution is -2.20. The zero-order valence-corrected chi connectivity index (χ0v) is 11.0. The fourth-order valence-electron chi connectivity index (χ4n) is 2.51. The Morgan fingerprint density at radius 1 is 1.21 bits per heavy atom. The van der Waals surface area contributed by atoms with E-state index in [1.807, 2.05) is 0 Å². The van der Waals surface area contributed by atoms with E-state index in [-0.39, 0.29) is 0 Å². The molecule has 4 heteroatoms. The van der Waals surface area contributed by atoms with Gasteiger partial charge in [0.25, 0.3) is 0 Å². The van der Waals surface area contributed by atoms with Crippen LogP contribution in [0.2, 0.25) is 5.15 Å². The van der Waals surface area contributed by atoms with E-state index in [1.54, 1.807) is 12.1 Å². The molecule has 0 fully saturated rings. The second-order valence-corrected chi connectivity index (χ2v) is 5.08. The summed E-state index contributed by atoms with van der Waals surface area (Å²) >= 11 is 5.90. The number of nitrogens with one attached hydrogen (secondary N) is 1. The van der Waals surface area contributed by atoms with Crippen LogP contribution in [0.4, 0.5) is 5.82 Å². The number of hydrogen-bond acceptors (Lipinski definition) is 3. The van der Waals surface area contributed by atoms with Gasteiger partial charge in [0, 0.05) is 6.04 Å². The molecule has 0 saturated carbocycles. The molecule has 0 radical (unpaired) electrons. The number of nitriles is 1. The number of hydrogen-bond donors (Lipinski definition) is 1. The molecule has 0 saturated heterocycles. The van der Waals surface area contributed by atoms with Crippen molar-refractivity contribution in [1.82, 2.24) is 4.98 Å². The number of aromatic nitrogens is 1. The number of pyridine rings is 1. The summed E-state index contributed by atoms with van der Waals surface area (Å²) in [7, 11) is 0. The second kappa shape index (κ2) is 4.91. The Labute approximate surface area is 116 Å². The molecule has 0 aliphatic heterocycles. The highest BCUT2D eigenvalue weighted by molar-refractivity contribution is 6.29. The van der Waals surface area contributed by atoms with Crippen LogP contribution in [0.15, 0.2) is 36.4 Å². The van der Waals surface area contributed by atoms with Gasteiger partial charge >= 0.3 is 0 Å². The summed E-state index contributed by atoms with van der Waals surface area (Å²) in [5.41, 5.74) is 3.28. The molecule has 19 heavy (non-hydrogen) atoms. The Bertz CT molecular complexity index is 636. The van der Waals surface area contributed by atoms with Gasteiger partial charge in [-0.05, 0) is 36.1 Å². The third-order valence-corrected chi connectivity index (χ3v) is 3.52. The quantitative estimate of drug-likeness (QED) is 0.852. The fraction of sp³-hybridized carbons (Fsp3) is 0.200. The zero-order chi connectivity index (χ0) is 13.2. The molecule has 0 atom stereocenters. The highest BCUT2D eigenvalue weighted by Gasteiger charge is 2.21. The Hall–Kier alpha value is -2.05. The minimum atomic E-state index is 0.315. The van der Waals surface area contributed by atoms with Gasteiger partial charge in [-0.25, -0.2) is 4.98 Å². The van der Waals surface area contributed by atoms with Crippen LogP contribution in [0, 0.1) is 11.3 Å². The average molecular weight is 270 g/mol. The lowest BCUT2D eigenvalue weighted by atomic mass is 10.1. The predicted octanol–water partition coefficient (Wildman–Crippen LogP) is 3.19. The van der Waals surface area contributed by atoms with Gasteiger partial charge in [-0.3, -0.25) is 0 Å². The van der Waals surface area contributed by atoms with Gasteiger partial charge < -0.3 is 5.32 Å². The minimum absolute atomic E-state index is 0.315. The maximum Gasteiger partial charge on any atom is 0.132 e. The topological polar surface area (TPSA) is 48.7 Å². The highest BCUT2D eigenvalue weighted by atomic mass is 35.5. The first-order chi connectivity index (χ1) is 9.24. The third kappa shape index (κ3) is 2.54. The van der Waals surface area contributed by atoms with Crippen LogP contribution in [-0.2, 0) is 12.8 Å². The van der Waals surface area contributed by atoms with E-state index in [9.17, 15) is 0 Å². The van der Waals surface area contributed by atoms with Gasteiger partial charge in [-0.1, -0.05) is 35.9 Å². The van der Waals surface area contributed by atoms with E-state index in [0.29, 0.717) is 22.6 Å². The molecule has 1 aliphatic rings. The van der Waals surface area contributed by atoms with Crippen molar-refractivity contribution in [3.63, 3.8) is 0 Å². The van der Waals surface area contributed by atoms with Crippen molar-refractivity contribution in [2.75, 3.05) is 5.32 Å². The SMILES string of the molecule is N#Cc1cc(Cl)nc(NC2Cc3ccccc3C2)c1. The molecule has 1 N–H and O–H groups in total. The second-order valence-electron chi connectivity index (χ2n) is 4.69. The van der Waals surface area contributed by atoms with Gasteiger partial charge in [0.1, 0.15) is 11.0 Å². The molecular weight excluding hydrogens is 258 g/mol. The van der Waals surface area contributed by atoms with E-state index in [0.717, 1.165) is 12.8 Å². The van der Waals surface area contributed by atoms with Crippen LogP contribution in [0.1, 0.15) is 16.7 Å². The molecule has 0 unspecified atom stereocenters. The number of fused-ring (bicyclic) bond motifs is 1. The van der Waals surface area contributed by atoms with Crippen molar-refractivity contribution in [3.8, 4) is 6.07 Å². The Morgan fingerprint density at radius 2 is 1.89 bits per heavy atom. The van der Waals surface area contributed by atoms with E-state index in [1.165, 1.54) is 11.1 Å². The molecule has 94 valence electrons. The largest absolute Gasteiger partial charge is 0.367 e. The molecule has 0 bridgehead atoms. The van der Waals surface area contributed by atoms with E-state index < -0.39 is 0 Å². The van der Waals surface area contributed by atoms with Crippen molar-refractivity contribution in [1.29, 1.82) is 5.26 Å². The standard InChI is InChI=1S/C15H12ClN3/c16-14-5-10(9-17)6-15(19-14)18-13-7-11-3-1-2-4-12(11)8-13/h1-6,13H,7-8H2,(H,18,19). The number of nitrogens with zero attached hydrogens (tertiary/aromatic N) is 2. The molecule has 1 heterocycles. The molecule has 3 nitrogen and oxygen atoms in total. The number of rotatable bonds is 2. The minimum Gasteiger partial charge on any atom is -0.367 e. The third-order valence-electron chi connectivity index (χ3n) is 3.33. The van der Waals surface area contributed by atoms with Crippen LogP contribution < -0.4 is 5.32 Å². The summed E-state index contributed by atoms with van der Waals surface area (Å²) in [5, 5.41) is 12.6. The van der Waals surface area contributed by atoms with Crippen LogP contribution in [0.25, 0.3) is 0 Å². The average Bonchev–Trinajstić information content (AvgIpc) is 2.80. The Balaban J connectivity index is 1.78. The first-order valence-electron chi connectivity index (χ1n) is 6.15. The maximum atomic E-state index is 8.93. The van der Waals surface area contributed by atoms with Gasteiger partial charge in [0.2, 0.25) is 0 Å². The van der Waals surface area contributed by atoms with Crippen molar-refractivity contribution < 1.29 is 0 Å². The molecule has 2 aromatic rings. The van der Waals surface area contributed by atoms with E-state index in [4.69, 9.17) is 16.9 Å². The molecule has 1 aromatic carbocycles. The normalized spacial score (nSPS) is 13.9. The molecular formula is C15H12ClN3. The highest BCUT2D eigenvalue weighted by Crippen LogP contribution is 2.24. The summed E-state index contributed by atoms with van der Waals surface area (Å²) in [6.07, 6.45) is 1.96. The monoisotopic (exact) mass is 269 g/mol. The number of benzene rings is 1. The van der Waals surface area contributed by atoms with Gasteiger partial charge in [-0.2, -0.15) is 5.26 Å². The van der Waals surface area contributed by atoms with Crippen molar-refractivity contribution >= 4 is 17.4 Å². The summed E-state index contributed by atoms with van der Waals surface area (Å²) in [6.45, 7) is 0. The molecule has 1 aliphatic carbocycles. The predicted molar refractivity (Wildman–Crippen MR) is 75.2 cm³/mol. The number of anilines is 1. The lowest BCUT2D eigenvalue weighted by Gasteiger charge is -2.13. The van der Waals surface area contributed by atoms with Crippen molar-refractivity contribution in [2.24, 2.45) is 0 Å². The van der Waals surface area contributed by atoms with Crippen LogP contribution in [0.5, 0.6) is 0 Å². The molecule has 0 amide bonds. The van der Waals surface area contributed by atoms with Crippen molar-refractivity contribution in [3.05, 3.63) is 58.2 Å². The van der Waals surface area contributed by atoms with Gasteiger partial charge in [0.05, 0.1) is 11.6 Å². The van der Waals surface area contributed by atoms with Gasteiger partial charge in [0.15, 0.2) is 0 Å². The van der Waals surface area contributed by atoms with Crippen LogP contribution in [-0.4, -0.2) is 11.0 Å². The Morgan fingerprint density at radius 3 is 2.53 bits per heavy atom. The fourth-order valence-corrected chi connectivity index (χ4v) is 2.71. The van der Waals surface area contributed by atoms with E-state index >= 15 is 0 Å². The summed E-state index contributed by atoms with van der Waals surface area (Å²) in [4.78, 5) is 4.21.